The van der Waals surface area contributed by atoms with Gasteiger partial charge in [-0.15, -0.1) is 0 Å². The quantitative estimate of drug-likeness (QED) is 0.567. The summed E-state index contributed by atoms with van der Waals surface area (Å²) in [5, 5.41) is 2.85. The fourth-order valence-electron chi connectivity index (χ4n) is 2.75. The molecule has 3 aromatic rings. The van der Waals surface area contributed by atoms with Crippen LogP contribution in [0.25, 0.3) is 0 Å². The van der Waals surface area contributed by atoms with E-state index in [9.17, 15) is 13.2 Å². The molecule has 0 radical (unpaired) electrons. The molecule has 0 heterocycles. The second-order valence-corrected chi connectivity index (χ2v) is 8.67. The molecule has 0 bridgehead atoms. The van der Waals surface area contributed by atoms with E-state index in [-0.39, 0.29) is 16.9 Å². The van der Waals surface area contributed by atoms with Gasteiger partial charge in [-0.2, -0.15) is 0 Å². The molecular formula is C23H24N2O4S. The first-order valence-electron chi connectivity index (χ1n) is 9.55. The number of carbonyl (C=O) groups excluding carboxylic acids is 1. The van der Waals surface area contributed by atoms with Crippen molar-refractivity contribution in [3.63, 3.8) is 0 Å². The smallest absolute Gasteiger partial charge is 0.261 e. The number of anilines is 1. The molecule has 156 valence electrons. The van der Waals surface area contributed by atoms with Crippen LogP contribution in [0.4, 0.5) is 5.69 Å². The van der Waals surface area contributed by atoms with Crippen LogP contribution in [-0.4, -0.2) is 20.4 Å². The molecule has 0 aliphatic rings. The van der Waals surface area contributed by atoms with E-state index in [0.29, 0.717) is 17.8 Å². The van der Waals surface area contributed by atoms with Crippen molar-refractivity contribution in [1.29, 1.82) is 0 Å². The minimum absolute atomic E-state index is 0.107. The van der Waals surface area contributed by atoms with Gasteiger partial charge in [-0.25, -0.2) is 8.42 Å². The summed E-state index contributed by atoms with van der Waals surface area (Å²) in [4.78, 5) is 12.6. The van der Waals surface area contributed by atoms with Crippen LogP contribution in [0.3, 0.4) is 0 Å². The number of rotatable bonds is 8. The lowest BCUT2D eigenvalue weighted by molar-refractivity contribution is 0.0951. The van der Waals surface area contributed by atoms with Gasteiger partial charge in [0.25, 0.3) is 15.9 Å². The molecule has 30 heavy (non-hydrogen) atoms. The second kappa shape index (κ2) is 9.45. The standard InChI is InChI=1S/C23H24N2O4S/c1-17(2)29-21-14-8-18(9-15-21)16-24-23(26)19-10-12-20(13-11-19)25-30(27,28)22-6-4-3-5-7-22/h3-15,17,25H,16H2,1-2H3,(H,24,26). The van der Waals surface area contributed by atoms with E-state index in [1.165, 1.54) is 12.1 Å². The van der Waals surface area contributed by atoms with Gasteiger partial charge in [-0.3, -0.25) is 9.52 Å². The lowest BCUT2D eigenvalue weighted by Gasteiger charge is -2.11. The van der Waals surface area contributed by atoms with Gasteiger partial charge in [0, 0.05) is 17.8 Å². The molecule has 0 atom stereocenters. The number of benzene rings is 3. The van der Waals surface area contributed by atoms with Gasteiger partial charge < -0.3 is 10.1 Å². The molecule has 6 nitrogen and oxygen atoms in total. The summed E-state index contributed by atoms with van der Waals surface area (Å²) in [7, 11) is -3.66. The number of amides is 1. The van der Waals surface area contributed by atoms with Gasteiger partial charge in [-0.05, 0) is 67.9 Å². The highest BCUT2D eigenvalue weighted by Gasteiger charge is 2.14. The maximum absolute atomic E-state index is 12.4. The van der Waals surface area contributed by atoms with Gasteiger partial charge in [0.2, 0.25) is 0 Å². The van der Waals surface area contributed by atoms with E-state index in [0.717, 1.165) is 11.3 Å². The van der Waals surface area contributed by atoms with Crippen molar-refractivity contribution in [2.45, 2.75) is 31.4 Å². The molecule has 0 unspecified atom stereocenters. The van der Waals surface area contributed by atoms with Crippen LogP contribution in [0.5, 0.6) is 5.75 Å². The minimum atomic E-state index is -3.66. The Hall–Kier alpha value is -3.32. The fraction of sp³-hybridized carbons (Fsp3) is 0.174. The van der Waals surface area contributed by atoms with Crippen molar-refractivity contribution in [2.75, 3.05) is 4.72 Å². The number of ether oxygens (including phenoxy) is 1. The topological polar surface area (TPSA) is 84.5 Å². The summed E-state index contributed by atoms with van der Waals surface area (Å²) >= 11 is 0. The Balaban J connectivity index is 1.57. The molecule has 0 spiro atoms. The molecule has 1 amide bonds. The normalized spacial score (nSPS) is 11.2. The Morgan fingerprint density at radius 2 is 1.53 bits per heavy atom. The van der Waals surface area contributed by atoms with Gasteiger partial charge in [-0.1, -0.05) is 30.3 Å². The monoisotopic (exact) mass is 424 g/mol. The Bertz CT molecular complexity index is 1080. The highest BCUT2D eigenvalue weighted by Crippen LogP contribution is 2.17. The largest absolute Gasteiger partial charge is 0.491 e. The molecule has 7 heteroatoms. The van der Waals surface area contributed by atoms with Crippen molar-refractivity contribution in [3.05, 3.63) is 90.0 Å². The third kappa shape index (κ3) is 5.84. The molecule has 0 aliphatic heterocycles. The predicted octanol–water partition coefficient (Wildman–Crippen LogP) is 4.20. The van der Waals surface area contributed by atoms with Crippen molar-refractivity contribution in [1.82, 2.24) is 5.32 Å². The van der Waals surface area contributed by atoms with Crippen LogP contribution in [0.15, 0.2) is 83.8 Å². The minimum Gasteiger partial charge on any atom is -0.491 e. The zero-order valence-electron chi connectivity index (χ0n) is 16.8. The summed E-state index contributed by atoms with van der Waals surface area (Å²) in [6.45, 7) is 4.31. The molecule has 3 rings (SSSR count). The van der Waals surface area contributed by atoms with E-state index in [4.69, 9.17) is 4.74 Å². The highest BCUT2D eigenvalue weighted by molar-refractivity contribution is 7.92. The second-order valence-electron chi connectivity index (χ2n) is 6.99. The SMILES string of the molecule is CC(C)Oc1ccc(CNC(=O)c2ccc(NS(=O)(=O)c3ccccc3)cc2)cc1. The van der Waals surface area contributed by atoms with E-state index < -0.39 is 10.0 Å². The Morgan fingerprint density at radius 3 is 2.13 bits per heavy atom. The van der Waals surface area contributed by atoms with Crippen LogP contribution in [0, 0.1) is 0 Å². The van der Waals surface area contributed by atoms with E-state index in [2.05, 4.69) is 10.0 Å². The molecule has 0 saturated carbocycles. The zero-order chi connectivity index (χ0) is 21.6. The van der Waals surface area contributed by atoms with Gasteiger partial charge in [0.15, 0.2) is 0 Å². The first-order chi connectivity index (χ1) is 14.3. The number of carbonyl (C=O) groups is 1. The molecule has 3 aromatic carbocycles. The Labute approximate surface area is 177 Å². The molecule has 0 aliphatic carbocycles. The molecule has 0 aromatic heterocycles. The summed E-state index contributed by atoms with van der Waals surface area (Å²) < 4.78 is 32.8. The first kappa shape index (κ1) is 21.4. The summed E-state index contributed by atoms with van der Waals surface area (Å²) in [6, 6.07) is 21.9. The van der Waals surface area contributed by atoms with Crippen LogP contribution in [-0.2, 0) is 16.6 Å². The summed E-state index contributed by atoms with van der Waals surface area (Å²) in [5.74, 6) is 0.545. The number of hydrogen-bond acceptors (Lipinski definition) is 4. The molecule has 0 fully saturated rings. The van der Waals surface area contributed by atoms with Crippen molar-refractivity contribution in [3.8, 4) is 5.75 Å². The van der Waals surface area contributed by atoms with Crippen molar-refractivity contribution < 1.29 is 17.9 Å². The van der Waals surface area contributed by atoms with Crippen LogP contribution >= 0.6 is 0 Å². The van der Waals surface area contributed by atoms with E-state index in [1.54, 1.807) is 42.5 Å². The van der Waals surface area contributed by atoms with Crippen molar-refractivity contribution in [2.24, 2.45) is 0 Å². The summed E-state index contributed by atoms with van der Waals surface area (Å²) in [5.41, 5.74) is 1.78. The molecule has 0 saturated heterocycles. The van der Waals surface area contributed by atoms with Crippen LogP contribution < -0.4 is 14.8 Å². The lowest BCUT2D eigenvalue weighted by atomic mass is 10.1. The van der Waals surface area contributed by atoms with E-state index in [1.807, 2.05) is 38.1 Å². The van der Waals surface area contributed by atoms with Gasteiger partial charge in [0.05, 0.1) is 11.0 Å². The zero-order valence-corrected chi connectivity index (χ0v) is 17.6. The van der Waals surface area contributed by atoms with Gasteiger partial charge in [0.1, 0.15) is 5.75 Å². The fourth-order valence-corrected chi connectivity index (χ4v) is 3.83. The lowest BCUT2D eigenvalue weighted by Crippen LogP contribution is -2.22. The third-order valence-corrected chi connectivity index (χ3v) is 5.60. The van der Waals surface area contributed by atoms with E-state index >= 15 is 0 Å². The van der Waals surface area contributed by atoms with Crippen LogP contribution in [0.1, 0.15) is 29.8 Å². The molecular weight excluding hydrogens is 400 g/mol. The van der Waals surface area contributed by atoms with Gasteiger partial charge >= 0.3 is 0 Å². The highest BCUT2D eigenvalue weighted by atomic mass is 32.2. The number of nitrogens with one attached hydrogen (secondary N) is 2. The average molecular weight is 425 g/mol. The predicted molar refractivity (Wildman–Crippen MR) is 117 cm³/mol. The number of hydrogen-bond donors (Lipinski definition) is 2. The van der Waals surface area contributed by atoms with Crippen LogP contribution in [0.2, 0.25) is 0 Å². The number of sulfonamides is 1. The average Bonchev–Trinajstić information content (AvgIpc) is 2.73. The maximum Gasteiger partial charge on any atom is 0.261 e. The third-order valence-electron chi connectivity index (χ3n) is 4.20. The summed E-state index contributed by atoms with van der Waals surface area (Å²) in [6.07, 6.45) is 0.107. The Morgan fingerprint density at radius 1 is 0.900 bits per heavy atom. The maximum atomic E-state index is 12.4. The first-order valence-corrected chi connectivity index (χ1v) is 11.0. The molecule has 2 N–H and O–H groups in total. The van der Waals surface area contributed by atoms with Crippen molar-refractivity contribution >= 4 is 21.6 Å². The Kier molecular flexibility index (Phi) is 6.74.